The van der Waals surface area contributed by atoms with Crippen LogP contribution in [-0.2, 0) is 4.74 Å². The topological polar surface area (TPSA) is 59.2 Å². The maximum Gasteiger partial charge on any atom is 0.340 e. The summed E-state index contributed by atoms with van der Waals surface area (Å²) in [5.41, 5.74) is 2.79. The number of ether oxygens (including phenoxy) is 1. The molecule has 4 nitrogen and oxygen atoms in total. The standard InChI is InChI=1S/C15H17NO3/c1-8(2)14-13(15(18)19-4)11-7-10(9(3)17)5-6-12(11)16-14/h5-8,16H,1-4H3. The van der Waals surface area contributed by atoms with Crippen LogP contribution in [0.2, 0.25) is 0 Å². The Kier molecular flexibility index (Phi) is 3.42. The lowest BCUT2D eigenvalue weighted by Crippen LogP contribution is -2.05. The van der Waals surface area contributed by atoms with Gasteiger partial charge in [-0.1, -0.05) is 13.8 Å². The number of benzene rings is 1. The van der Waals surface area contributed by atoms with Gasteiger partial charge in [0.05, 0.1) is 12.7 Å². The molecule has 1 heterocycles. The Labute approximate surface area is 111 Å². The van der Waals surface area contributed by atoms with E-state index in [0.717, 1.165) is 16.6 Å². The molecular weight excluding hydrogens is 242 g/mol. The summed E-state index contributed by atoms with van der Waals surface area (Å²) in [5, 5.41) is 0.739. The summed E-state index contributed by atoms with van der Waals surface area (Å²) in [6, 6.07) is 5.32. The first-order valence-corrected chi connectivity index (χ1v) is 6.20. The van der Waals surface area contributed by atoms with Gasteiger partial charge in [-0.05, 0) is 31.0 Å². The second kappa shape index (κ2) is 4.88. The lowest BCUT2D eigenvalue weighted by Gasteiger charge is -2.05. The summed E-state index contributed by atoms with van der Waals surface area (Å²) < 4.78 is 4.85. The molecule has 1 aromatic heterocycles. The summed E-state index contributed by atoms with van der Waals surface area (Å²) in [4.78, 5) is 26.7. The van der Waals surface area contributed by atoms with E-state index in [0.29, 0.717) is 11.1 Å². The highest BCUT2D eigenvalue weighted by Crippen LogP contribution is 2.29. The van der Waals surface area contributed by atoms with Crippen molar-refractivity contribution in [1.29, 1.82) is 0 Å². The van der Waals surface area contributed by atoms with Gasteiger partial charge in [0.15, 0.2) is 5.78 Å². The maximum absolute atomic E-state index is 12.0. The first-order valence-electron chi connectivity index (χ1n) is 6.20. The first-order chi connectivity index (χ1) is 8.95. The molecule has 19 heavy (non-hydrogen) atoms. The van der Waals surface area contributed by atoms with Gasteiger partial charge in [-0.15, -0.1) is 0 Å². The van der Waals surface area contributed by atoms with E-state index in [-0.39, 0.29) is 17.7 Å². The number of carbonyl (C=O) groups excluding carboxylic acids is 2. The number of aromatic amines is 1. The van der Waals surface area contributed by atoms with Crippen LogP contribution in [0.4, 0.5) is 0 Å². The average Bonchev–Trinajstić information content (AvgIpc) is 2.76. The molecule has 0 aliphatic rings. The minimum absolute atomic E-state index is 0.0231. The van der Waals surface area contributed by atoms with Crippen LogP contribution in [0.25, 0.3) is 10.9 Å². The molecule has 4 heteroatoms. The zero-order valence-electron chi connectivity index (χ0n) is 11.5. The van der Waals surface area contributed by atoms with E-state index < -0.39 is 0 Å². The Hall–Kier alpha value is -2.10. The number of hydrogen-bond donors (Lipinski definition) is 1. The molecule has 0 amide bonds. The number of nitrogens with one attached hydrogen (secondary N) is 1. The number of methoxy groups -OCH3 is 1. The molecule has 2 rings (SSSR count). The van der Waals surface area contributed by atoms with Crippen LogP contribution >= 0.6 is 0 Å². The quantitative estimate of drug-likeness (QED) is 0.679. The van der Waals surface area contributed by atoms with Gasteiger partial charge in [0.1, 0.15) is 0 Å². The Morgan fingerprint density at radius 1 is 1.26 bits per heavy atom. The number of Topliss-reactive ketones (excluding diaryl/α,β-unsaturated/α-hetero) is 1. The van der Waals surface area contributed by atoms with Crippen LogP contribution in [0.1, 0.15) is 53.1 Å². The second-order valence-corrected chi connectivity index (χ2v) is 4.88. The average molecular weight is 259 g/mol. The van der Waals surface area contributed by atoms with Crippen LogP contribution in [-0.4, -0.2) is 23.8 Å². The first kappa shape index (κ1) is 13.3. The maximum atomic E-state index is 12.0. The lowest BCUT2D eigenvalue weighted by molar-refractivity contribution is 0.0601. The SMILES string of the molecule is COC(=O)c1c(C(C)C)[nH]c2ccc(C(C)=O)cc12. The van der Waals surface area contributed by atoms with E-state index in [2.05, 4.69) is 4.98 Å². The summed E-state index contributed by atoms with van der Waals surface area (Å²) in [7, 11) is 1.36. The molecule has 0 radical (unpaired) electrons. The van der Waals surface area contributed by atoms with Crippen molar-refractivity contribution in [3.63, 3.8) is 0 Å². The fourth-order valence-corrected chi connectivity index (χ4v) is 2.19. The van der Waals surface area contributed by atoms with Crippen LogP contribution in [0, 0.1) is 0 Å². The van der Waals surface area contributed by atoms with E-state index in [1.165, 1.54) is 14.0 Å². The largest absolute Gasteiger partial charge is 0.465 e. The molecule has 0 atom stereocenters. The van der Waals surface area contributed by atoms with Crippen molar-refractivity contribution in [1.82, 2.24) is 4.98 Å². The number of fused-ring (bicyclic) bond motifs is 1. The number of esters is 1. The zero-order chi connectivity index (χ0) is 14.2. The van der Waals surface area contributed by atoms with Gasteiger partial charge in [0.25, 0.3) is 0 Å². The van der Waals surface area contributed by atoms with Crippen LogP contribution in [0.5, 0.6) is 0 Å². The predicted molar refractivity (Wildman–Crippen MR) is 73.7 cm³/mol. The number of H-pyrrole nitrogens is 1. The highest BCUT2D eigenvalue weighted by Gasteiger charge is 2.21. The third-order valence-electron chi connectivity index (χ3n) is 3.20. The molecule has 0 unspecified atom stereocenters. The van der Waals surface area contributed by atoms with Gasteiger partial charge in [0, 0.05) is 22.2 Å². The van der Waals surface area contributed by atoms with Gasteiger partial charge in [-0.2, -0.15) is 0 Å². The van der Waals surface area contributed by atoms with Crippen molar-refractivity contribution in [2.45, 2.75) is 26.7 Å². The number of ketones is 1. The molecule has 2 aromatic rings. The summed E-state index contributed by atoms with van der Waals surface area (Å²) in [5.74, 6) is -0.233. The van der Waals surface area contributed by atoms with Crippen molar-refractivity contribution < 1.29 is 14.3 Å². The predicted octanol–water partition coefficient (Wildman–Crippen LogP) is 3.28. The smallest absolute Gasteiger partial charge is 0.340 e. The van der Waals surface area contributed by atoms with Gasteiger partial charge >= 0.3 is 5.97 Å². The number of carbonyl (C=O) groups is 2. The minimum atomic E-state index is -0.379. The molecular formula is C15H17NO3. The van der Waals surface area contributed by atoms with Crippen LogP contribution in [0.3, 0.4) is 0 Å². The molecule has 1 N–H and O–H groups in total. The Morgan fingerprint density at radius 3 is 2.47 bits per heavy atom. The number of aromatic nitrogens is 1. The van der Waals surface area contributed by atoms with E-state index >= 15 is 0 Å². The fraction of sp³-hybridized carbons (Fsp3) is 0.333. The molecule has 0 aliphatic heterocycles. The fourth-order valence-electron chi connectivity index (χ4n) is 2.19. The van der Waals surface area contributed by atoms with E-state index in [1.54, 1.807) is 12.1 Å². The number of hydrogen-bond acceptors (Lipinski definition) is 3. The summed E-state index contributed by atoms with van der Waals surface area (Å²) in [6.45, 7) is 5.51. The summed E-state index contributed by atoms with van der Waals surface area (Å²) >= 11 is 0. The van der Waals surface area contributed by atoms with Crippen molar-refractivity contribution in [3.05, 3.63) is 35.0 Å². The molecule has 0 saturated carbocycles. The molecule has 0 bridgehead atoms. The summed E-state index contributed by atoms with van der Waals surface area (Å²) in [6.07, 6.45) is 0. The van der Waals surface area contributed by atoms with Gasteiger partial charge in [0.2, 0.25) is 0 Å². The van der Waals surface area contributed by atoms with Crippen LogP contribution < -0.4 is 0 Å². The molecule has 0 aliphatic carbocycles. The minimum Gasteiger partial charge on any atom is -0.465 e. The monoisotopic (exact) mass is 259 g/mol. The lowest BCUT2D eigenvalue weighted by atomic mass is 10.0. The van der Waals surface area contributed by atoms with Gasteiger partial charge in [-0.25, -0.2) is 4.79 Å². The van der Waals surface area contributed by atoms with Crippen molar-refractivity contribution in [2.24, 2.45) is 0 Å². The highest BCUT2D eigenvalue weighted by molar-refractivity contribution is 6.08. The van der Waals surface area contributed by atoms with E-state index in [9.17, 15) is 9.59 Å². The molecule has 100 valence electrons. The Morgan fingerprint density at radius 2 is 1.95 bits per heavy atom. The second-order valence-electron chi connectivity index (χ2n) is 4.88. The molecule has 0 spiro atoms. The van der Waals surface area contributed by atoms with Crippen molar-refractivity contribution >= 4 is 22.7 Å². The van der Waals surface area contributed by atoms with Gasteiger partial charge in [-0.3, -0.25) is 4.79 Å². The number of rotatable bonds is 3. The van der Waals surface area contributed by atoms with E-state index in [1.807, 2.05) is 19.9 Å². The van der Waals surface area contributed by atoms with Crippen LogP contribution in [0.15, 0.2) is 18.2 Å². The van der Waals surface area contributed by atoms with E-state index in [4.69, 9.17) is 4.74 Å². The zero-order valence-corrected chi connectivity index (χ0v) is 11.5. The van der Waals surface area contributed by atoms with Crippen molar-refractivity contribution in [3.8, 4) is 0 Å². The molecule has 0 fully saturated rings. The normalized spacial score (nSPS) is 11.0. The Balaban J connectivity index is 2.77. The third kappa shape index (κ3) is 2.26. The highest BCUT2D eigenvalue weighted by atomic mass is 16.5. The molecule has 1 aromatic carbocycles. The third-order valence-corrected chi connectivity index (χ3v) is 3.20. The molecule has 0 saturated heterocycles. The Bertz CT molecular complexity index is 653. The van der Waals surface area contributed by atoms with Gasteiger partial charge < -0.3 is 9.72 Å². The van der Waals surface area contributed by atoms with Crippen molar-refractivity contribution in [2.75, 3.05) is 7.11 Å².